The van der Waals surface area contributed by atoms with Crippen LogP contribution in [0.4, 0.5) is 0 Å². The summed E-state index contributed by atoms with van der Waals surface area (Å²) in [5, 5.41) is 0. The normalized spacial score (nSPS) is 14.4. The molecule has 1 saturated heterocycles. The number of likely N-dealkylation sites (tertiary alicyclic amines) is 1. The highest BCUT2D eigenvalue weighted by atomic mass is 16.5. The molecular formula is C26H30N2O4. The van der Waals surface area contributed by atoms with Crippen molar-refractivity contribution in [3.63, 3.8) is 0 Å². The van der Waals surface area contributed by atoms with Crippen molar-refractivity contribution in [2.24, 2.45) is 5.92 Å². The summed E-state index contributed by atoms with van der Waals surface area (Å²) in [4.78, 5) is 19.1. The number of carbonyl (C=O) groups is 1. The maximum absolute atomic E-state index is 12.7. The van der Waals surface area contributed by atoms with E-state index in [1.165, 1.54) is 5.56 Å². The Balaban J connectivity index is 1.28. The zero-order valence-corrected chi connectivity index (χ0v) is 18.8. The largest absolute Gasteiger partial charge is 0.497 e. The van der Waals surface area contributed by atoms with Crippen LogP contribution in [0.3, 0.4) is 0 Å². The molecule has 0 unspecified atom stereocenters. The molecule has 2 aromatic carbocycles. The summed E-state index contributed by atoms with van der Waals surface area (Å²) < 4.78 is 16.6. The van der Waals surface area contributed by atoms with Crippen molar-refractivity contribution >= 4 is 5.91 Å². The third-order valence-corrected chi connectivity index (χ3v) is 6.11. The number of aryl methyl sites for hydroxylation is 1. The van der Waals surface area contributed by atoms with Crippen LogP contribution >= 0.6 is 0 Å². The molecular weight excluding hydrogens is 404 g/mol. The minimum Gasteiger partial charge on any atom is -0.497 e. The predicted molar refractivity (Wildman–Crippen MR) is 123 cm³/mol. The standard InChI is InChI=1S/C26H30N2O4/c1-30-21-8-9-22(23(17-21)31-2)24-18-27-25(32-24)10-11-26(29)28-14-12-20(13-15-28)16-19-6-4-3-5-7-19/h3-9,17-18,20H,10-16H2,1-2H3. The topological polar surface area (TPSA) is 64.8 Å². The van der Waals surface area contributed by atoms with E-state index in [9.17, 15) is 4.79 Å². The maximum atomic E-state index is 12.7. The second kappa shape index (κ2) is 10.4. The molecule has 32 heavy (non-hydrogen) atoms. The molecule has 6 heteroatoms. The van der Waals surface area contributed by atoms with Crippen molar-refractivity contribution in [1.29, 1.82) is 0 Å². The number of amides is 1. The van der Waals surface area contributed by atoms with Gasteiger partial charge < -0.3 is 18.8 Å². The fraction of sp³-hybridized carbons (Fsp3) is 0.385. The molecule has 0 atom stereocenters. The van der Waals surface area contributed by atoms with Gasteiger partial charge in [0.2, 0.25) is 5.91 Å². The maximum Gasteiger partial charge on any atom is 0.223 e. The quantitative estimate of drug-likeness (QED) is 0.511. The van der Waals surface area contributed by atoms with Gasteiger partial charge in [-0.1, -0.05) is 30.3 Å². The van der Waals surface area contributed by atoms with E-state index < -0.39 is 0 Å². The zero-order chi connectivity index (χ0) is 22.3. The summed E-state index contributed by atoms with van der Waals surface area (Å²) in [6.07, 6.45) is 5.78. The Morgan fingerprint density at radius 1 is 1.09 bits per heavy atom. The van der Waals surface area contributed by atoms with Crippen LogP contribution in [-0.2, 0) is 17.6 Å². The monoisotopic (exact) mass is 434 g/mol. The molecule has 4 rings (SSSR count). The number of aromatic nitrogens is 1. The second-order valence-corrected chi connectivity index (χ2v) is 8.20. The number of methoxy groups -OCH3 is 2. The highest BCUT2D eigenvalue weighted by Crippen LogP contribution is 2.33. The lowest BCUT2D eigenvalue weighted by Crippen LogP contribution is -2.39. The SMILES string of the molecule is COc1ccc(-c2cnc(CCC(=O)N3CCC(Cc4ccccc4)CC3)o2)c(OC)c1. The molecule has 1 fully saturated rings. The predicted octanol–water partition coefficient (Wildman–Crippen LogP) is 4.77. The number of benzene rings is 2. The molecule has 1 amide bonds. The fourth-order valence-electron chi connectivity index (χ4n) is 4.26. The molecule has 168 valence electrons. The highest BCUT2D eigenvalue weighted by molar-refractivity contribution is 5.76. The van der Waals surface area contributed by atoms with Gasteiger partial charge in [-0.3, -0.25) is 4.79 Å². The van der Waals surface area contributed by atoms with Crippen molar-refractivity contribution in [3.05, 3.63) is 66.2 Å². The molecule has 0 radical (unpaired) electrons. The number of piperidine rings is 1. The van der Waals surface area contributed by atoms with E-state index in [2.05, 4.69) is 35.3 Å². The van der Waals surface area contributed by atoms with Crippen LogP contribution in [0.1, 0.15) is 30.7 Å². The van der Waals surface area contributed by atoms with E-state index >= 15 is 0 Å². The Morgan fingerprint density at radius 2 is 1.88 bits per heavy atom. The summed E-state index contributed by atoms with van der Waals surface area (Å²) >= 11 is 0. The average molecular weight is 435 g/mol. The Labute approximate surface area is 189 Å². The zero-order valence-electron chi connectivity index (χ0n) is 18.8. The van der Waals surface area contributed by atoms with Gasteiger partial charge in [0.05, 0.1) is 26.0 Å². The Hall–Kier alpha value is -3.28. The molecule has 0 N–H and O–H groups in total. The van der Waals surface area contributed by atoms with Gasteiger partial charge in [0.15, 0.2) is 11.7 Å². The number of rotatable bonds is 8. The molecule has 1 aliphatic heterocycles. The van der Waals surface area contributed by atoms with E-state index in [1.807, 2.05) is 23.1 Å². The minimum atomic E-state index is 0.171. The number of ether oxygens (including phenoxy) is 2. The molecule has 0 bridgehead atoms. The first-order valence-corrected chi connectivity index (χ1v) is 11.1. The molecule has 0 saturated carbocycles. The van der Waals surface area contributed by atoms with Gasteiger partial charge >= 0.3 is 0 Å². The van der Waals surface area contributed by atoms with Gasteiger partial charge in [0.1, 0.15) is 11.5 Å². The van der Waals surface area contributed by atoms with Crippen molar-refractivity contribution in [2.45, 2.75) is 32.1 Å². The second-order valence-electron chi connectivity index (χ2n) is 8.20. The number of hydrogen-bond acceptors (Lipinski definition) is 5. The van der Waals surface area contributed by atoms with Gasteiger partial charge in [-0.25, -0.2) is 4.98 Å². The minimum absolute atomic E-state index is 0.171. The molecule has 1 aromatic heterocycles. The number of nitrogens with zero attached hydrogens (tertiary/aromatic N) is 2. The fourth-order valence-corrected chi connectivity index (χ4v) is 4.26. The van der Waals surface area contributed by atoms with Crippen molar-refractivity contribution in [3.8, 4) is 22.8 Å². The van der Waals surface area contributed by atoms with Crippen LogP contribution in [0.2, 0.25) is 0 Å². The first-order chi connectivity index (χ1) is 15.7. The molecule has 1 aliphatic rings. The van der Waals surface area contributed by atoms with E-state index in [0.29, 0.717) is 41.9 Å². The van der Waals surface area contributed by atoms with Gasteiger partial charge in [0, 0.05) is 32.0 Å². The lowest BCUT2D eigenvalue weighted by Gasteiger charge is -2.32. The molecule has 3 aromatic rings. The van der Waals surface area contributed by atoms with Gasteiger partial charge in [-0.05, 0) is 42.9 Å². The van der Waals surface area contributed by atoms with E-state index in [-0.39, 0.29) is 5.91 Å². The summed E-state index contributed by atoms with van der Waals surface area (Å²) in [7, 11) is 3.22. The smallest absolute Gasteiger partial charge is 0.223 e. The first-order valence-electron chi connectivity index (χ1n) is 11.1. The van der Waals surface area contributed by atoms with Gasteiger partial charge in [-0.2, -0.15) is 0 Å². The number of hydrogen-bond donors (Lipinski definition) is 0. The van der Waals surface area contributed by atoms with Crippen LogP contribution in [-0.4, -0.2) is 43.1 Å². The van der Waals surface area contributed by atoms with Gasteiger partial charge in [0.25, 0.3) is 0 Å². The Bertz CT molecular complexity index is 1020. The van der Waals surface area contributed by atoms with Crippen LogP contribution in [0.15, 0.2) is 59.1 Å². The van der Waals surface area contributed by atoms with Crippen molar-refractivity contribution in [2.75, 3.05) is 27.3 Å². The lowest BCUT2D eigenvalue weighted by molar-refractivity contribution is -0.132. The third kappa shape index (κ3) is 5.31. The Morgan fingerprint density at radius 3 is 2.59 bits per heavy atom. The Kier molecular flexibility index (Phi) is 7.10. The van der Waals surface area contributed by atoms with Gasteiger partial charge in [-0.15, -0.1) is 0 Å². The summed E-state index contributed by atoms with van der Waals surface area (Å²) in [5.74, 6) is 3.36. The van der Waals surface area contributed by atoms with Crippen LogP contribution in [0, 0.1) is 5.92 Å². The number of carbonyl (C=O) groups excluding carboxylic acids is 1. The van der Waals surface area contributed by atoms with Crippen LogP contribution < -0.4 is 9.47 Å². The molecule has 0 aliphatic carbocycles. The molecule has 6 nitrogen and oxygen atoms in total. The van der Waals surface area contributed by atoms with Crippen LogP contribution in [0.25, 0.3) is 11.3 Å². The molecule has 0 spiro atoms. The molecule has 2 heterocycles. The summed E-state index contributed by atoms with van der Waals surface area (Å²) in [6.45, 7) is 1.66. The average Bonchev–Trinajstić information content (AvgIpc) is 3.32. The van der Waals surface area contributed by atoms with Crippen LogP contribution in [0.5, 0.6) is 11.5 Å². The van der Waals surface area contributed by atoms with E-state index in [1.54, 1.807) is 20.4 Å². The van der Waals surface area contributed by atoms with E-state index in [4.69, 9.17) is 13.9 Å². The lowest BCUT2D eigenvalue weighted by atomic mass is 9.90. The first kappa shape index (κ1) is 21.9. The summed E-state index contributed by atoms with van der Waals surface area (Å²) in [6, 6.07) is 16.1. The summed E-state index contributed by atoms with van der Waals surface area (Å²) in [5.41, 5.74) is 2.18. The number of oxazole rings is 1. The third-order valence-electron chi connectivity index (χ3n) is 6.11. The van der Waals surface area contributed by atoms with E-state index in [0.717, 1.165) is 37.9 Å². The highest BCUT2D eigenvalue weighted by Gasteiger charge is 2.23. The van der Waals surface area contributed by atoms with Crippen molar-refractivity contribution in [1.82, 2.24) is 9.88 Å². The van der Waals surface area contributed by atoms with Crippen molar-refractivity contribution < 1.29 is 18.7 Å².